The van der Waals surface area contributed by atoms with Crippen LogP contribution >= 0.6 is 0 Å². The fraction of sp³-hybridized carbons (Fsp3) is 0.600. The molecule has 0 radical (unpaired) electrons. The molecule has 1 aromatic rings. The van der Waals surface area contributed by atoms with Crippen LogP contribution < -0.4 is 16.0 Å². The van der Waals surface area contributed by atoms with Crippen LogP contribution in [0.1, 0.15) is 43.7 Å². The molecule has 19 heavy (non-hydrogen) atoms. The van der Waals surface area contributed by atoms with Crippen molar-refractivity contribution in [2.45, 2.75) is 50.4 Å². The van der Waals surface area contributed by atoms with Crippen molar-refractivity contribution < 1.29 is 9.47 Å². The maximum absolute atomic E-state index is 5.83. The maximum Gasteiger partial charge on any atom is 0.120 e. The predicted octanol–water partition coefficient (Wildman–Crippen LogP) is 2.30. The van der Waals surface area contributed by atoms with E-state index in [1.165, 1.54) is 18.4 Å². The van der Waals surface area contributed by atoms with Gasteiger partial charge >= 0.3 is 0 Å². The van der Waals surface area contributed by atoms with Gasteiger partial charge in [-0.25, -0.2) is 0 Å². The molecule has 3 N–H and O–H groups in total. The van der Waals surface area contributed by atoms with Gasteiger partial charge in [-0.15, -0.1) is 0 Å². The average Bonchev–Trinajstić information content (AvgIpc) is 3.09. The molecule has 0 amide bonds. The van der Waals surface area contributed by atoms with Crippen LogP contribution in [-0.4, -0.2) is 18.8 Å². The summed E-state index contributed by atoms with van der Waals surface area (Å²) in [5.74, 6) is 6.65. The first-order valence-corrected chi connectivity index (χ1v) is 7.19. The van der Waals surface area contributed by atoms with Crippen molar-refractivity contribution in [3.63, 3.8) is 0 Å². The van der Waals surface area contributed by atoms with E-state index in [0.717, 1.165) is 31.6 Å². The molecular formula is C15H22N2O2. The summed E-state index contributed by atoms with van der Waals surface area (Å²) in [6.07, 6.45) is 6.33. The van der Waals surface area contributed by atoms with Gasteiger partial charge in [0.2, 0.25) is 0 Å². The molecule has 2 fully saturated rings. The molecule has 2 unspecified atom stereocenters. The average molecular weight is 262 g/mol. The molecule has 1 aromatic carbocycles. The number of hydrogen-bond acceptors (Lipinski definition) is 4. The second-order valence-electron chi connectivity index (χ2n) is 5.48. The Labute approximate surface area is 114 Å². The van der Waals surface area contributed by atoms with Crippen molar-refractivity contribution >= 4 is 0 Å². The van der Waals surface area contributed by atoms with Gasteiger partial charge in [0.05, 0.1) is 12.2 Å². The Bertz CT molecular complexity index is 414. The maximum atomic E-state index is 5.83. The zero-order valence-corrected chi connectivity index (χ0v) is 11.2. The predicted molar refractivity (Wildman–Crippen MR) is 73.7 cm³/mol. The summed E-state index contributed by atoms with van der Waals surface area (Å²) in [5.41, 5.74) is 4.08. The number of ether oxygens (including phenoxy) is 2. The van der Waals surface area contributed by atoms with Gasteiger partial charge in [0.1, 0.15) is 5.75 Å². The van der Waals surface area contributed by atoms with Crippen molar-refractivity contribution in [1.82, 2.24) is 5.43 Å². The molecule has 4 nitrogen and oxygen atoms in total. The summed E-state index contributed by atoms with van der Waals surface area (Å²) < 4.78 is 11.5. The number of hydrazine groups is 1. The SMILES string of the molecule is NNC(CC1CCCO1)c1cccc(OC2CC2)c1. The number of benzene rings is 1. The first kappa shape index (κ1) is 12.9. The second kappa shape index (κ2) is 5.90. The summed E-state index contributed by atoms with van der Waals surface area (Å²) in [7, 11) is 0. The Morgan fingerprint density at radius 1 is 1.37 bits per heavy atom. The van der Waals surface area contributed by atoms with Crippen molar-refractivity contribution in [3.8, 4) is 5.75 Å². The molecule has 1 saturated carbocycles. The van der Waals surface area contributed by atoms with Gasteiger partial charge in [0.25, 0.3) is 0 Å². The quantitative estimate of drug-likeness (QED) is 0.610. The summed E-state index contributed by atoms with van der Waals surface area (Å²) in [4.78, 5) is 0. The third-order valence-electron chi connectivity index (χ3n) is 3.81. The Hall–Kier alpha value is -1.10. The van der Waals surface area contributed by atoms with Crippen LogP contribution in [0.15, 0.2) is 24.3 Å². The number of nitrogens with one attached hydrogen (secondary N) is 1. The first-order valence-electron chi connectivity index (χ1n) is 7.19. The lowest BCUT2D eigenvalue weighted by atomic mass is 9.99. The van der Waals surface area contributed by atoms with Gasteiger partial charge in [0.15, 0.2) is 0 Å². The monoisotopic (exact) mass is 262 g/mol. The van der Waals surface area contributed by atoms with Crippen LogP contribution in [0.5, 0.6) is 5.75 Å². The van der Waals surface area contributed by atoms with Crippen LogP contribution in [0.4, 0.5) is 0 Å². The van der Waals surface area contributed by atoms with Crippen LogP contribution in [-0.2, 0) is 4.74 Å². The third-order valence-corrected chi connectivity index (χ3v) is 3.81. The molecule has 0 aromatic heterocycles. The van der Waals surface area contributed by atoms with E-state index in [1.807, 2.05) is 12.1 Å². The van der Waals surface area contributed by atoms with Crippen LogP contribution in [0, 0.1) is 0 Å². The van der Waals surface area contributed by atoms with Gasteiger partial charge in [0, 0.05) is 12.6 Å². The second-order valence-corrected chi connectivity index (χ2v) is 5.48. The molecule has 0 spiro atoms. The smallest absolute Gasteiger partial charge is 0.120 e. The van der Waals surface area contributed by atoms with E-state index in [1.54, 1.807) is 0 Å². The van der Waals surface area contributed by atoms with Crippen molar-refractivity contribution in [1.29, 1.82) is 0 Å². The van der Waals surface area contributed by atoms with E-state index in [0.29, 0.717) is 12.2 Å². The minimum absolute atomic E-state index is 0.130. The molecule has 3 rings (SSSR count). The van der Waals surface area contributed by atoms with Crippen LogP contribution in [0.3, 0.4) is 0 Å². The van der Waals surface area contributed by atoms with E-state index in [-0.39, 0.29) is 6.04 Å². The van der Waals surface area contributed by atoms with Crippen molar-refractivity contribution in [3.05, 3.63) is 29.8 Å². The Morgan fingerprint density at radius 3 is 2.95 bits per heavy atom. The normalized spacial score (nSPS) is 24.4. The van der Waals surface area contributed by atoms with Crippen molar-refractivity contribution in [2.24, 2.45) is 5.84 Å². The number of nitrogens with two attached hydrogens (primary N) is 1. The molecule has 1 aliphatic heterocycles. The summed E-state index contributed by atoms with van der Waals surface area (Å²) in [6, 6.07) is 8.37. The summed E-state index contributed by atoms with van der Waals surface area (Å²) in [6.45, 7) is 0.882. The fourth-order valence-corrected chi connectivity index (χ4v) is 2.58. The van der Waals surface area contributed by atoms with E-state index in [4.69, 9.17) is 15.3 Å². The molecule has 1 aliphatic carbocycles. The molecule has 1 saturated heterocycles. The standard InChI is InChI=1S/C15H22N2O2/c16-17-15(10-13-5-2-8-18-13)11-3-1-4-14(9-11)19-12-6-7-12/h1,3-4,9,12-13,15,17H,2,5-8,10,16H2. The highest BCUT2D eigenvalue weighted by Crippen LogP contribution is 2.30. The van der Waals surface area contributed by atoms with Gasteiger partial charge in [-0.3, -0.25) is 11.3 Å². The van der Waals surface area contributed by atoms with Gasteiger partial charge in [-0.1, -0.05) is 12.1 Å². The molecule has 0 bridgehead atoms. The Morgan fingerprint density at radius 2 is 2.26 bits per heavy atom. The zero-order valence-electron chi connectivity index (χ0n) is 11.2. The highest BCUT2D eigenvalue weighted by atomic mass is 16.5. The fourth-order valence-electron chi connectivity index (χ4n) is 2.58. The minimum atomic E-state index is 0.130. The summed E-state index contributed by atoms with van der Waals surface area (Å²) >= 11 is 0. The van der Waals surface area contributed by atoms with Gasteiger partial charge in [-0.05, 0) is 49.8 Å². The minimum Gasteiger partial charge on any atom is -0.490 e. The largest absolute Gasteiger partial charge is 0.490 e. The van der Waals surface area contributed by atoms with Gasteiger partial charge < -0.3 is 9.47 Å². The third kappa shape index (κ3) is 3.47. The van der Waals surface area contributed by atoms with Gasteiger partial charge in [-0.2, -0.15) is 0 Å². The van der Waals surface area contributed by atoms with Crippen LogP contribution in [0.2, 0.25) is 0 Å². The Balaban J connectivity index is 1.66. The lowest BCUT2D eigenvalue weighted by Crippen LogP contribution is -2.30. The molecule has 2 aliphatic rings. The van der Waals surface area contributed by atoms with E-state index >= 15 is 0 Å². The lowest BCUT2D eigenvalue weighted by molar-refractivity contribution is 0.0945. The highest BCUT2D eigenvalue weighted by Gasteiger charge is 2.24. The highest BCUT2D eigenvalue weighted by molar-refractivity contribution is 5.31. The molecule has 1 heterocycles. The van der Waals surface area contributed by atoms with Crippen molar-refractivity contribution in [2.75, 3.05) is 6.61 Å². The molecular weight excluding hydrogens is 240 g/mol. The number of hydrogen-bond donors (Lipinski definition) is 2. The zero-order chi connectivity index (χ0) is 13.1. The van der Waals surface area contributed by atoms with Crippen LogP contribution in [0.25, 0.3) is 0 Å². The van der Waals surface area contributed by atoms with E-state index < -0.39 is 0 Å². The molecule has 2 atom stereocenters. The Kier molecular flexibility index (Phi) is 4.01. The molecule has 104 valence electrons. The topological polar surface area (TPSA) is 56.5 Å². The van der Waals surface area contributed by atoms with E-state index in [2.05, 4.69) is 17.6 Å². The number of rotatable bonds is 6. The first-order chi connectivity index (χ1) is 9.35. The van der Waals surface area contributed by atoms with E-state index in [9.17, 15) is 0 Å². The molecule has 4 heteroatoms. The lowest BCUT2D eigenvalue weighted by Gasteiger charge is -2.20. The summed E-state index contributed by atoms with van der Waals surface area (Å²) in [5, 5.41) is 0.